The molecule has 0 spiro atoms. The van der Waals surface area contributed by atoms with E-state index < -0.39 is 0 Å². The molecular formula is C9H12ClNOS. The van der Waals surface area contributed by atoms with Crippen LogP contribution in [0.15, 0.2) is 12.1 Å². The molecule has 0 aliphatic heterocycles. The lowest BCUT2D eigenvalue weighted by molar-refractivity contribution is 0.0953. The smallest absolute Gasteiger partial charge is 0.261 e. The van der Waals surface area contributed by atoms with Crippen LogP contribution in [-0.2, 0) is 0 Å². The molecule has 0 aliphatic rings. The monoisotopic (exact) mass is 217 g/mol. The van der Waals surface area contributed by atoms with Crippen molar-refractivity contribution >= 4 is 28.8 Å². The molecule has 0 aromatic carbocycles. The zero-order valence-corrected chi connectivity index (χ0v) is 9.21. The van der Waals surface area contributed by atoms with Crippen LogP contribution in [0, 0.1) is 5.92 Å². The van der Waals surface area contributed by atoms with E-state index in [0.717, 1.165) is 0 Å². The van der Waals surface area contributed by atoms with Gasteiger partial charge in [0.15, 0.2) is 0 Å². The van der Waals surface area contributed by atoms with Crippen LogP contribution in [0.1, 0.15) is 23.5 Å². The van der Waals surface area contributed by atoms with Gasteiger partial charge in [0.2, 0.25) is 0 Å². The maximum Gasteiger partial charge on any atom is 0.261 e. The number of amides is 1. The second-order valence-electron chi connectivity index (χ2n) is 3.21. The van der Waals surface area contributed by atoms with Crippen molar-refractivity contribution in [3.8, 4) is 0 Å². The summed E-state index contributed by atoms with van der Waals surface area (Å²) in [6.07, 6.45) is 0. The van der Waals surface area contributed by atoms with Gasteiger partial charge in [0.1, 0.15) is 0 Å². The Kier molecular flexibility index (Phi) is 3.75. The van der Waals surface area contributed by atoms with E-state index in [1.165, 1.54) is 11.3 Å². The molecule has 0 aliphatic carbocycles. The second-order valence-corrected chi connectivity index (χ2v) is 4.92. The first-order valence-corrected chi connectivity index (χ1v) is 5.32. The molecule has 0 bridgehead atoms. The van der Waals surface area contributed by atoms with Crippen LogP contribution >= 0.6 is 22.9 Å². The molecular weight excluding hydrogens is 206 g/mol. The van der Waals surface area contributed by atoms with E-state index in [9.17, 15) is 4.79 Å². The van der Waals surface area contributed by atoms with Crippen LogP contribution in [0.2, 0.25) is 4.34 Å². The molecule has 1 aromatic rings. The van der Waals surface area contributed by atoms with Gasteiger partial charge in [0.25, 0.3) is 5.91 Å². The summed E-state index contributed by atoms with van der Waals surface area (Å²) in [6.45, 7) is 4.82. The summed E-state index contributed by atoms with van der Waals surface area (Å²) in [5, 5.41) is 2.82. The molecule has 4 heteroatoms. The Hall–Kier alpha value is -0.540. The lowest BCUT2D eigenvalue weighted by Gasteiger charge is -2.05. The molecule has 2 nitrogen and oxygen atoms in total. The van der Waals surface area contributed by atoms with E-state index in [0.29, 0.717) is 21.7 Å². The van der Waals surface area contributed by atoms with Gasteiger partial charge in [0.05, 0.1) is 9.21 Å². The molecule has 1 aromatic heterocycles. The van der Waals surface area contributed by atoms with Crippen molar-refractivity contribution in [1.29, 1.82) is 0 Å². The highest BCUT2D eigenvalue weighted by Gasteiger charge is 2.07. The first kappa shape index (κ1) is 10.5. The van der Waals surface area contributed by atoms with Crippen molar-refractivity contribution in [2.45, 2.75) is 13.8 Å². The number of halogens is 1. The highest BCUT2D eigenvalue weighted by atomic mass is 35.5. The lowest BCUT2D eigenvalue weighted by Crippen LogP contribution is -2.26. The molecule has 1 amide bonds. The molecule has 0 radical (unpaired) electrons. The van der Waals surface area contributed by atoms with E-state index in [4.69, 9.17) is 11.6 Å². The minimum Gasteiger partial charge on any atom is -0.351 e. The Morgan fingerprint density at radius 3 is 2.77 bits per heavy atom. The Balaban J connectivity index is 2.49. The number of nitrogens with one attached hydrogen (secondary N) is 1. The summed E-state index contributed by atoms with van der Waals surface area (Å²) in [5.74, 6) is 0.435. The number of carbonyl (C=O) groups is 1. The van der Waals surface area contributed by atoms with E-state index >= 15 is 0 Å². The maximum atomic E-state index is 11.4. The number of rotatable bonds is 3. The van der Waals surface area contributed by atoms with Crippen LogP contribution in [0.3, 0.4) is 0 Å². The fourth-order valence-corrected chi connectivity index (χ4v) is 1.78. The van der Waals surface area contributed by atoms with Gasteiger partial charge in [-0.05, 0) is 18.1 Å². The van der Waals surface area contributed by atoms with Crippen LogP contribution < -0.4 is 5.32 Å². The van der Waals surface area contributed by atoms with Gasteiger partial charge in [-0.2, -0.15) is 0 Å². The van der Waals surface area contributed by atoms with Gasteiger partial charge in [0, 0.05) is 6.54 Å². The van der Waals surface area contributed by atoms with Crippen molar-refractivity contribution in [3.63, 3.8) is 0 Å². The summed E-state index contributed by atoms with van der Waals surface area (Å²) in [4.78, 5) is 12.1. The Morgan fingerprint density at radius 2 is 2.31 bits per heavy atom. The standard InChI is InChI=1S/C9H12ClNOS/c1-6(2)5-11-9(12)7-3-4-8(10)13-7/h3-4,6H,5H2,1-2H3,(H,11,12). The average Bonchev–Trinajstić information content (AvgIpc) is 2.47. The van der Waals surface area contributed by atoms with Gasteiger partial charge in [-0.1, -0.05) is 25.4 Å². The van der Waals surface area contributed by atoms with Gasteiger partial charge >= 0.3 is 0 Å². The number of thiophene rings is 1. The topological polar surface area (TPSA) is 29.1 Å². The van der Waals surface area contributed by atoms with Crippen molar-refractivity contribution in [1.82, 2.24) is 5.32 Å². The van der Waals surface area contributed by atoms with Gasteiger partial charge in [-0.3, -0.25) is 4.79 Å². The summed E-state index contributed by atoms with van der Waals surface area (Å²) >= 11 is 7.01. The fraction of sp³-hybridized carbons (Fsp3) is 0.444. The molecule has 0 saturated heterocycles. The Morgan fingerprint density at radius 1 is 1.62 bits per heavy atom. The third-order valence-corrected chi connectivity index (χ3v) is 2.70. The van der Waals surface area contributed by atoms with Gasteiger partial charge in [-0.15, -0.1) is 11.3 Å². The van der Waals surface area contributed by atoms with Crippen molar-refractivity contribution in [2.24, 2.45) is 5.92 Å². The zero-order chi connectivity index (χ0) is 9.84. The van der Waals surface area contributed by atoms with Gasteiger partial charge < -0.3 is 5.32 Å². The van der Waals surface area contributed by atoms with Crippen molar-refractivity contribution in [3.05, 3.63) is 21.3 Å². The Labute approximate surface area is 86.9 Å². The minimum atomic E-state index is -0.0365. The number of hydrogen-bond acceptors (Lipinski definition) is 2. The van der Waals surface area contributed by atoms with Crippen LogP contribution in [-0.4, -0.2) is 12.5 Å². The van der Waals surface area contributed by atoms with Crippen molar-refractivity contribution < 1.29 is 4.79 Å². The second kappa shape index (κ2) is 4.63. The van der Waals surface area contributed by atoms with E-state index in [1.54, 1.807) is 12.1 Å². The predicted molar refractivity (Wildman–Crippen MR) is 56.5 cm³/mol. The SMILES string of the molecule is CC(C)CNC(=O)c1ccc(Cl)s1. The summed E-state index contributed by atoms with van der Waals surface area (Å²) < 4.78 is 0.648. The molecule has 0 unspecified atom stereocenters. The first-order valence-electron chi connectivity index (χ1n) is 4.13. The predicted octanol–water partition coefficient (Wildman–Crippen LogP) is 2.79. The molecule has 0 saturated carbocycles. The highest BCUT2D eigenvalue weighted by molar-refractivity contribution is 7.17. The normalized spacial score (nSPS) is 10.5. The van der Waals surface area contributed by atoms with Crippen LogP contribution in [0.4, 0.5) is 0 Å². The summed E-state index contributed by atoms with van der Waals surface area (Å²) in [5.41, 5.74) is 0. The molecule has 13 heavy (non-hydrogen) atoms. The minimum absolute atomic E-state index is 0.0365. The average molecular weight is 218 g/mol. The molecule has 1 heterocycles. The van der Waals surface area contributed by atoms with Gasteiger partial charge in [-0.25, -0.2) is 0 Å². The third-order valence-electron chi connectivity index (χ3n) is 1.47. The van der Waals surface area contributed by atoms with E-state index in [2.05, 4.69) is 19.2 Å². The molecule has 1 N–H and O–H groups in total. The molecule has 0 fully saturated rings. The molecule has 72 valence electrons. The molecule has 1 rings (SSSR count). The van der Waals surface area contributed by atoms with Crippen LogP contribution in [0.25, 0.3) is 0 Å². The van der Waals surface area contributed by atoms with Crippen molar-refractivity contribution in [2.75, 3.05) is 6.54 Å². The first-order chi connectivity index (χ1) is 6.09. The quantitative estimate of drug-likeness (QED) is 0.829. The fourth-order valence-electron chi connectivity index (χ4n) is 0.820. The molecule has 0 atom stereocenters. The highest BCUT2D eigenvalue weighted by Crippen LogP contribution is 2.20. The third kappa shape index (κ3) is 3.36. The maximum absolute atomic E-state index is 11.4. The lowest BCUT2D eigenvalue weighted by atomic mass is 10.2. The number of carbonyl (C=O) groups excluding carboxylic acids is 1. The number of hydrogen-bond donors (Lipinski definition) is 1. The zero-order valence-electron chi connectivity index (χ0n) is 7.63. The largest absolute Gasteiger partial charge is 0.351 e. The van der Waals surface area contributed by atoms with Crippen LogP contribution in [0.5, 0.6) is 0 Å². The Bertz CT molecular complexity index is 296. The van der Waals surface area contributed by atoms with E-state index in [-0.39, 0.29) is 5.91 Å². The summed E-state index contributed by atoms with van der Waals surface area (Å²) in [6, 6.07) is 3.47. The summed E-state index contributed by atoms with van der Waals surface area (Å²) in [7, 11) is 0. The van der Waals surface area contributed by atoms with E-state index in [1.807, 2.05) is 0 Å².